The lowest BCUT2D eigenvalue weighted by Gasteiger charge is -2.26. The first-order chi connectivity index (χ1) is 10.9. The molecule has 1 aliphatic carbocycles. The van der Waals surface area contributed by atoms with Crippen molar-refractivity contribution in [1.82, 2.24) is 14.3 Å². The maximum atomic E-state index is 12.6. The predicted octanol–water partition coefficient (Wildman–Crippen LogP) is 2.57. The van der Waals surface area contributed by atoms with Gasteiger partial charge in [0.2, 0.25) is 0 Å². The fourth-order valence-corrected chi connectivity index (χ4v) is 4.39. The molecule has 0 saturated carbocycles. The summed E-state index contributed by atoms with van der Waals surface area (Å²) in [7, 11) is -3.64. The van der Waals surface area contributed by atoms with Gasteiger partial charge in [-0.05, 0) is 56.4 Å². The average Bonchev–Trinajstić information content (AvgIpc) is 2.89. The van der Waals surface area contributed by atoms with Gasteiger partial charge in [0, 0.05) is 24.5 Å². The van der Waals surface area contributed by atoms with Crippen molar-refractivity contribution in [3.8, 4) is 0 Å². The lowest BCUT2D eigenvalue weighted by atomic mass is 9.88. The summed E-state index contributed by atoms with van der Waals surface area (Å²) < 4.78 is 29.9. The van der Waals surface area contributed by atoms with Crippen LogP contribution in [0.1, 0.15) is 42.8 Å². The molecule has 3 N–H and O–H groups in total. The fraction of sp³-hybridized carbons (Fsp3) is 0.438. The second kappa shape index (κ2) is 7.13. The van der Waals surface area contributed by atoms with E-state index >= 15 is 0 Å². The molecule has 8 heteroatoms. The van der Waals surface area contributed by atoms with Crippen LogP contribution in [0.15, 0.2) is 29.4 Å². The van der Waals surface area contributed by atoms with E-state index in [1.165, 1.54) is 0 Å². The molecule has 2 aromatic rings. The van der Waals surface area contributed by atoms with Gasteiger partial charge in [-0.1, -0.05) is 6.07 Å². The quantitative estimate of drug-likeness (QED) is 0.809. The van der Waals surface area contributed by atoms with E-state index in [2.05, 4.69) is 9.71 Å². The van der Waals surface area contributed by atoms with E-state index in [0.717, 1.165) is 30.4 Å². The van der Waals surface area contributed by atoms with Crippen molar-refractivity contribution < 1.29 is 8.42 Å². The third kappa shape index (κ3) is 3.58. The maximum absolute atomic E-state index is 12.6. The number of anilines is 1. The van der Waals surface area contributed by atoms with Crippen molar-refractivity contribution in [2.75, 3.05) is 5.73 Å². The van der Waals surface area contributed by atoms with Crippen LogP contribution in [-0.4, -0.2) is 18.0 Å². The zero-order valence-electron chi connectivity index (χ0n) is 13.8. The van der Waals surface area contributed by atoms with E-state index in [0.29, 0.717) is 18.1 Å². The van der Waals surface area contributed by atoms with Gasteiger partial charge in [0.1, 0.15) is 5.82 Å². The fourth-order valence-electron chi connectivity index (χ4n) is 3.13. The van der Waals surface area contributed by atoms with E-state index in [1.807, 2.05) is 29.7 Å². The molecule has 132 valence electrons. The van der Waals surface area contributed by atoms with Crippen LogP contribution in [-0.2, 0) is 23.0 Å². The molecule has 1 unspecified atom stereocenters. The van der Waals surface area contributed by atoms with Crippen LogP contribution in [0.4, 0.5) is 5.69 Å². The molecule has 6 nitrogen and oxygen atoms in total. The van der Waals surface area contributed by atoms with Gasteiger partial charge in [-0.2, -0.15) is 0 Å². The van der Waals surface area contributed by atoms with Crippen molar-refractivity contribution >= 4 is 28.1 Å². The molecule has 0 amide bonds. The zero-order valence-corrected chi connectivity index (χ0v) is 15.5. The van der Waals surface area contributed by atoms with E-state index < -0.39 is 10.0 Å². The van der Waals surface area contributed by atoms with Crippen molar-refractivity contribution in [3.05, 3.63) is 41.3 Å². The van der Waals surface area contributed by atoms with Crippen molar-refractivity contribution in [1.29, 1.82) is 0 Å². The van der Waals surface area contributed by atoms with E-state index in [-0.39, 0.29) is 23.5 Å². The van der Waals surface area contributed by atoms with E-state index in [4.69, 9.17) is 5.73 Å². The van der Waals surface area contributed by atoms with Crippen molar-refractivity contribution in [2.24, 2.45) is 0 Å². The van der Waals surface area contributed by atoms with Crippen LogP contribution in [0.25, 0.3) is 0 Å². The van der Waals surface area contributed by atoms with Gasteiger partial charge >= 0.3 is 0 Å². The molecule has 3 rings (SSSR count). The molecular formula is C16H23ClN4O2S. The molecular weight excluding hydrogens is 348 g/mol. The Bertz CT molecular complexity index is 833. The normalized spacial score (nSPS) is 17.2. The van der Waals surface area contributed by atoms with Gasteiger partial charge < -0.3 is 10.3 Å². The Morgan fingerprint density at radius 2 is 2.17 bits per heavy atom. The molecule has 0 radical (unpaired) electrons. The zero-order chi connectivity index (χ0) is 16.6. The number of rotatable bonds is 4. The molecule has 0 saturated heterocycles. The number of hydrogen-bond acceptors (Lipinski definition) is 4. The first kappa shape index (κ1) is 18.8. The summed E-state index contributed by atoms with van der Waals surface area (Å²) >= 11 is 0. The lowest BCUT2D eigenvalue weighted by Crippen LogP contribution is -2.31. The number of nitrogens with one attached hydrogen (secondary N) is 1. The highest BCUT2D eigenvalue weighted by molar-refractivity contribution is 7.89. The smallest absolute Gasteiger partial charge is 0.260 e. The first-order valence-electron chi connectivity index (χ1n) is 7.85. The number of hydrogen-bond donors (Lipinski definition) is 2. The topological polar surface area (TPSA) is 90.0 Å². The molecule has 0 spiro atoms. The Hall–Kier alpha value is -1.57. The molecule has 1 aromatic heterocycles. The van der Waals surface area contributed by atoms with Crippen molar-refractivity contribution in [2.45, 2.75) is 50.7 Å². The van der Waals surface area contributed by atoms with E-state index in [9.17, 15) is 8.42 Å². The standard InChI is InChI=1S/C16H22N4O2S.ClH/c1-3-20-10-16(18-11(20)2)23(21,22)19-15-6-4-5-12-9-13(17)7-8-14(12)15;/h7-10,15,19H,3-6,17H2,1-2H3;1H. The van der Waals surface area contributed by atoms with Gasteiger partial charge in [0.05, 0.1) is 0 Å². The molecule has 1 heterocycles. The highest BCUT2D eigenvalue weighted by Crippen LogP contribution is 2.32. The van der Waals surface area contributed by atoms with E-state index in [1.54, 1.807) is 13.1 Å². The minimum atomic E-state index is -3.64. The molecule has 1 aliphatic rings. The number of halogens is 1. The average molecular weight is 371 g/mol. The Kier molecular flexibility index (Phi) is 5.57. The van der Waals surface area contributed by atoms with Crippen LogP contribution < -0.4 is 10.5 Å². The number of aromatic nitrogens is 2. The van der Waals surface area contributed by atoms with Crippen LogP contribution in [0, 0.1) is 6.92 Å². The number of benzene rings is 1. The van der Waals surface area contributed by atoms with Crippen molar-refractivity contribution in [3.63, 3.8) is 0 Å². The van der Waals surface area contributed by atoms with Gasteiger partial charge in [0.15, 0.2) is 5.03 Å². The van der Waals surface area contributed by atoms with Crippen LogP contribution in [0.5, 0.6) is 0 Å². The number of imidazole rings is 1. The summed E-state index contributed by atoms with van der Waals surface area (Å²) in [6.45, 7) is 4.46. The summed E-state index contributed by atoms with van der Waals surface area (Å²) in [6.07, 6.45) is 4.24. The number of nitrogens with two attached hydrogens (primary N) is 1. The van der Waals surface area contributed by atoms with Gasteiger partial charge in [-0.25, -0.2) is 18.1 Å². The number of nitrogen functional groups attached to an aromatic ring is 1. The Balaban J connectivity index is 0.00000208. The van der Waals surface area contributed by atoms with Crippen LogP contribution >= 0.6 is 12.4 Å². The second-order valence-corrected chi connectivity index (χ2v) is 7.60. The first-order valence-corrected chi connectivity index (χ1v) is 9.33. The minimum absolute atomic E-state index is 0. The third-order valence-corrected chi connectivity index (χ3v) is 5.69. The summed E-state index contributed by atoms with van der Waals surface area (Å²) in [4.78, 5) is 4.18. The Morgan fingerprint density at radius 1 is 1.42 bits per heavy atom. The van der Waals surface area contributed by atoms with Gasteiger partial charge in [0.25, 0.3) is 10.0 Å². The minimum Gasteiger partial charge on any atom is -0.399 e. The monoisotopic (exact) mass is 370 g/mol. The maximum Gasteiger partial charge on any atom is 0.260 e. The SMILES string of the molecule is CCn1cc(S(=O)(=O)NC2CCCc3cc(N)ccc32)nc1C.Cl. The van der Waals surface area contributed by atoms with Gasteiger partial charge in [-0.3, -0.25) is 0 Å². The number of aryl methyl sites for hydroxylation is 3. The second-order valence-electron chi connectivity index (χ2n) is 5.94. The Labute approximate surface area is 148 Å². The molecule has 0 bridgehead atoms. The summed E-state index contributed by atoms with van der Waals surface area (Å²) in [5.41, 5.74) is 8.68. The third-order valence-electron chi connectivity index (χ3n) is 4.35. The molecule has 24 heavy (non-hydrogen) atoms. The summed E-state index contributed by atoms with van der Waals surface area (Å²) in [5.74, 6) is 0.699. The van der Waals surface area contributed by atoms with Crippen LogP contribution in [0.3, 0.4) is 0 Å². The van der Waals surface area contributed by atoms with Crippen LogP contribution in [0.2, 0.25) is 0 Å². The number of sulfonamides is 1. The highest BCUT2D eigenvalue weighted by Gasteiger charge is 2.27. The lowest BCUT2D eigenvalue weighted by molar-refractivity contribution is 0.506. The largest absolute Gasteiger partial charge is 0.399 e. The van der Waals surface area contributed by atoms with Gasteiger partial charge in [-0.15, -0.1) is 12.4 Å². The summed E-state index contributed by atoms with van der Waals surface area (Å²) in [5, 5.41) is 0.0828. The highest BCUT2D eigenvalue weighted by atomic mass is 35.5. The number of fused-ring (bicyclic) bond motifs is 1. The molecule has 0 aliphatic heterocycles. The molecule has 1 atom stereocenters. The number of nitrogens with zero attached hydrogens (tertiary/aromatic N) is 2. The molecule has 0 fully saturated rings. The molecule has 1 aromatic carbocycles. The predicted molar refractivity (Wildman–Crippen MR) is 96.7 cm³/mol. The Morgan fingerprint density at radius 3 is 2.83 bits per heavy atom. The summed E-state index contributed by atoms with van der Waals surface area (Å²) in [6, 6.07) is 5.46.